The molecular formula is C76H151N19O5. The summed E-state index contributed by atoms with van der Waals surface area (Å²) in [6.45, 7) is 57.3. The summed E-state index contributed by atoms with van der Waals surface area (Å²) < 4.78 is 16.7. The van der Waals surface area contributed by atoms with Crippen LogP contribution in [0.25, 0.3) is 0 Å². The number of hydrogen-bond acceptors (Lipinski definition) is 20. The number of Topliss-reactive ketones (excluding diaryl/α,β-unsaturated/α-hetero) is 2. The Balaban J connectivity index is 0.00000125. The highest BCUT2D eigenvalue weighted by Crippen LogP contribution is 2.22. The number of nitrogens with zero attached hydrogens (tertiary/aromatic N) is 18. The van der Waals surface area contributed by atoms with Crippen molar-refractivity contribution in [2.45, 2.75) is 283 Å². The minimum atomic E-state index is -0.524. The summed E-state index contributed by atoms with van der Waals surface area (Å²) in [6.07, 6.45) is 30.2. The maximum absolute atomic E-state index is 12.2. The molecule has 0 saturated heterocycles. The molecule has 0 aromatic carbocycles. The zero-order valence-corrected chi connectivity index (χ0v) is 68.9. The SMILES string of the molecule is CC(=O)c1cn(C(C)(C)C)nn1.CCCCN(C)CCCCN(C)CCCCC(=O)c1cn(C(C)(C)C)nn1.CCCCN(C)CCCCN(C)CCCCC(C)(C)C.CCCCN(C)CCCCN(C)CCCNc1cn(C(C)(C)C)nn1.CCOCOC(=O)c1cn(C(C)(C)C)nn1. The van der Waals surface area contributed by atoms with Crippen LogP contribution in [-0.4, -0.2) is 248 Å². The lowest BCUT2D eigenvalue weighted by Gasteiger charge is -2.21. The van der Waals surface area contributed by atoms with Gasteiger partial charge in [0.05, 0.1) is 46.9 Å². The maximum Gasteiger partial charge on any atom is 0.362 e. The molecule has 4 rings (SSSR count). The predicted molar refractivity (Wildman–Crippen MR) is 414 cm³/mol. The molecule has 0 aliphatic heterocycles. The minimum absolute atomic E-state index is 0.0161. The smallest absolute Gasteiger partial charge is 0.362 e. The van der Waals surface area contributed by atoms with Gasteiger partial charge in [-0.3, -0.25) is 9.59 Å². The molecule has 24 nitrogen and oxygen atoms in total. The lowest BCUT2D eigenvalue weighted by atomic mass is 9.90. The van der Waals surface area contributed by atoms with E-state index in [1.165, 1.54) is 162 Å². The molecule has 0 atom stereocenters. The Morgan fingerprint density at radius 3 is 1.04 bits per heavy atom. The van der Waals surface area contributed by atoms with Gasteiger partial charge < -0.3 is 44.2 Å². The number of hydrogen-bond donors (Lipinski definition) is 1. The monoisotopic (exact) mass is 1410 g/mol. The third-order valence-electron chi connectivity index (χ3n) is 16.7. The van der Waals surface area contributed by atoms with E-state index in [4.69, 9.17) is 9.47 Å². The number of ether oxygens (including phenoxy) is 2. The third kappa shape index (κ3) is 48.7. The van der Waals surface area contributed by atoms with E-state index in [-0.39, 0.29) is 46.2 Å². The van der Waals surface area contributed by atoms with Crippen molar-refractivity contribution in [3.8, 4) is 0 Å². The van der Waals surface area contributed by atoms with Gasteiger partial charge in [0, 0.05) is 26.5 Å². The molecule has 0 spiro atoms. The first kappa shape index (κ1) is 94.9. The van der Waals surface area contributed by atoms with Crippen LogP contribution in [-0.2, 0) is 31.6 Å². The molecule has 0 saturated carbocycles. The molecule has 0 aliphatic rings. The van der Waals surface area contributed by atoms with Gasteiger partial charge in [0.1, 0.15) is 11.4 Å². The molecule has 1 N–H and O–H groups in total. The average Bonchev–Trinajstić information content (AvgIpc) is 1.72. The summed E-state index contributed by atoms with van der Waals surface area (Å²) in [5.74, 6) is 0.394. The molecule has 24 heteroatoms. The second-order valence-electron chi connectivity index (χ2n) is 32.7. The summed E-state index contributed by atoms with van der Waals surface area (Å²) in [7, 11) is 13.4. The van der Waals surface area contributed by atoms with Gasteiger partial charge in [-0.25, -0.2) is 23.5 Å². The summed E-state index contributed by atoms with van der Waals surface area (Å²) in [6, 6.07) is 0. The first-order valence-electron chi connectivity index (χ1n) is 38.1. The van der Waals surface area contributed by atoms with E-state index in [2.05, 4.69) is 201 Å². The molecule has 4 heterocycles. The molecule has 4 aromatic heterocycles. The minimum Gasteiger partial charge on any atom is -0.434 e. The fraction of sp³-hybridized carbons (Fsp3) is 0.855. The van der Waals surface area contributed by atoms with Gasteiger partial charge in [0.2, 0.25) is 0 Å². The fourth-order valence-corrected chi connectivity index (χ4v) is 9.73. The normalized spacial score (nSPS) is 12.2. The van der Waals surface area contributed by atoms with E-state index in [1.807, 2.05) is 59.3 Å². The number of rotatable bonds is 44. The Hall–Kier alpha value is -5.11. The first-order valence-corrected chi connectivity index (χ1v) is 38.1. The molecule has 0 fully saturated rings. The van der Waals surface area contributed by atoms with Gasteiger partial charge in [-0.1, -0.05) is 88.1 Å². The number of esters is 1. The fourth-order valence-electron chi connectivity index (χ4n) is 9.73. The van der Waals surface area contributed by atoms with Crippen molar-refractivity contribution in [2.24, 2.45) is 5.41 Å². The van der Waals surface area contributed by atoms with Gasteiger partial charge in [-0.15, -0.1) is 20.4 Å². The van der Waals surface area contributed by atoms with Crippen LogP contribution >= 0.6 is 0 Å². The van der Waals surface area contributed by atoms with Crippen molar-refractivity contribution in [3.63, 3.8) is 0 Å². The zero-order valence-electron chi connectivity index (χ0n) is 68.9. The van der Waals surface area contributed by atoms with Gasteiger partial charge in [0.15, 0.2) is 29.9 Å². The molecule has 0 amide bonds. The van der Waals surface area contributed by atoms with Crippen LogP contribution in [0.3, 0.4) is 0 Å². The Labute approximate surface area is 609 Å². The second kappa shape index (κ2) is 51.9. The molecule has 0 aliphatic carbocycles. The molecular weight excluding hydrogens is 1260 g/mol. The molecule has 0 bridgehead atoms. The maximum atomic E-state index is 12.2. The lowest BCUT2D eigenvalue weighted by molar-refractivity contribution is -0.0279. The van der Waals surface area contributed by atoms with Crippen LogP contribution in [0, 0.1) is 5.41 Å². The standard InChI is InChI=1S/C21H41N5O.C19H40N6.C18H40N2.C10H17N3O3.C8H13N3O/c1-7-8-14-24(5)16-11-12-17-25(6)15-10-9-13-20(27)19-18-26(23-22-19)21(2,3)4;1-7-8-13-23(5)14-9-10-15-24(6)16-11-12-20-18-17-25(22-21-18)19(2,3)4;1-7-8-14-19(5)16-11-12-17-20(6)15-10-9-13-18(2,3)4;1-5-15-7-16-9(14)8-6-13(12-11-8)10(2,3)4;1-6(12)7-5-11(10-9-7)8(2,3)4/h18H,7-17H2,1-6H3;17,20H,7-16H2,1-6H3;7-17H2,1-6H3;6H,5,7H2,1-4H3;5H,1-4H3. The molecule has 100 heavy (non-hydrogen) atoms. The first-order chi connectivity index (χ1) is 46.8. The van der Waals surface area contributed by atoms with Crippen LogP contribution in [0.4, 0.5) is 5.82 Å². The van der Waals surface area contributed by atoms with Gasteiger partial charge in [0.25, 0.3) is 0 Å². The average molecular weight is 1410 g/mol. The van der Waals surface area contributed by atoms with Crippen molar-refractivity contribution < 1.29 is 23.9 Å². The molecule has 0 radical (unpaired) electrons. The Morgan fingerprint density at radius 2 is 0.710 bits per heavy atom. The number of anilines is 1. The second-order valence-corrected chi connectivity index (χ2v) is 32.7. The van der Waals surface area contributed by atoms with E-state index in [0.717, 1.165) is 51.3 Å². The quantitative estimate of drug-likeness (QED) is 0.0188. The number of carbonyl (C=O) groups is 3. The van der Waals surface area contributed by atoms with Crippen LogP contribution in [0.1, 0.15) is 292 Å². The number of nitrogens with one attached hydrogen (secondary N) is 1. The Morgan fingerprint density at radius 1 is 0.400 bits per heavy atom. The summed E-state index contributed by atoms with van der Waals surface area (Å²) in [4.78, 5) is 49.2. The van der Waals surface area contributed by atoms with Crippen LogP contribution in [0.15, 0.2) is 24.8 Å². The highest BCUT2D eigenvalue weighted by atomic mass is 16.7. The zero-order chi connectivity index (χ0) is 76.0. The van der Waals surface area contributed by atoms with Crippen molar-refractivity contribution in [2.75, 3.05) is 146 Å². The highest BCUT2D eigenvalue weighted by Gasteiger charge is 2.22. The van der Waals surface area contributed by atoms with Gasteiger partial charge in [-0.2, -0.15) is 0 Å². The molecule has 580 valence electrons. The van der Waals surface area contributed by atoms with Crippen LogP contribution in [0.5, 0.6) is 0 Å². The highest BCUT2D eigenvalue weighted by molar-refractivity contribution is 5.93. The van der Waals surface area contributed by atoms with Crippen molar-refractivity contribution in [3.05, 3.63) is 41.9 Å². The molecule has 4 aromatic rings. The predicted octanol–water partition coefficient (Wildman–Crippen LogP) is 14.2. The van der Waals surface area contributed by atoms with Gasteiger partial charge in [-0.05, 0) is 306 Å². The van der Waals surface area contributed by atoms with E-state index in [1.54, 1.807) is 32.6 Å². The lowest BCUT2D eigenvalue weighted by Crippen LogP contribution is -2.25. The summed E-state index contributed by atoms with van der Waals surface area (Å²) in [5.41, 5.74) is 1.13. The van der Waals surface area contributed by atoms with Crippen molar-refractivity contribution >= 4 is 23.4 Å². The number of ketones is 2. The Kier molecular flexibility index (Phi) is 49.3. The summed E-state index contributed by atoms with van der Waals surface area (Å²) >= 11 is 0. The van der Waals surface area contributed by atoms with Crippen molar-refractivity contribution in [1.29, 1.82) is 0 Å². The van der Waals surface area contributed by atoms with Crippen LogP contribution < -0.4 is 5.32 Å². The van der Waals surface area contributed by atoms with Crippen molar-refractivity contribution in [1.82, 2.24) is 89.4 Å². The number of unbranched alkanes of at least 4 members (excludes halogenated alkanes) is 8. The van der Waals surface area contributed by atoms with E-state index in [9.17, 15) is 14.4 Å². The largest absolute Gasteiger partial charge is 0.434 e. The number of carbonyl (C=O) groups excluding carboxylic acids is 3. The Bertz CT molecular complexity index is 2670. The summed E-state index contributed by atoms with van der Waals surface area (Å²) in [5, 5.41) is 35.0. The van der Waals surface area contributed by atoms with Crippen LogP contribution in [0.2, 0.25) is 0 Å². The topological polar surface area (TPSA) is 224 Å². The van der Waals surface area contributed by atoms with E-state index in [0.29, 0.717) is 29.8 Å². The van der Waals surface area contributed by atoms with E-state index >= 15 is 0 Å². The number of aromatic nitrogens is 12. The van der Waals surface area contributed by atoms with E-state index < -0.39 is 5.97 Å². The third-order valence-corrected chi connectivity index (χ3v) is 16.7. The van der Waals surface area contributed by atoms with Gasteiger partial charge >= 0.3 is 5.97 Å². The molecule has 0 unspecified atom stereocenters.